The number of anilines is 1. The molecule has 4 rings (SSSR count). The predicted molar refractivity (Wildman–Crippen MR) is 110 cm³/mol. The van der Waals surface area contributed by atoms with E-state index >= 15 is 0 Å². The lowest BCUT2D eigenvalue weighted by molar-refractivity contribution is 0.0601. The van der Waals surface area contributed by atoms with Crippen molar-refractivity contribution in [3.8, 4) is 5.75 Å². The minimum Gasteiger partial charge on any atom is -0.509 e. The summed E-state index contributed by atoms with van der Waals surface area (Å²) in [4.78, 5) is 18.1. The first-order valence-electron chi connectivity index (χ1n) is 8.92. The monoisotopic (exact) mass is 392 g/mol. The molecule has 0 unspecified atom stereocenters. The van der Waals surface area contributed by atoms with Gasteiger partial charge in [0.25, 0.3) is 0 Å². The number of aryl methyl sites for hydroxylation is 1. The maximum atomic E-state index is 11.8. The molecular formula is C21H20N4O4. The van der Waals surface area contributed by atoms with Crippen LogP contribution >= 0.6 is 0 Å². The summed E-state index contributed by atoms with van der Waals surface area (Å²) in [5.74, 6) is 0.864. The van der Waals surface area contributed by atoms with Crippen LogP contribution in [0.3, 0.4) is 0 Å². The Morgan fingerprint density at radius 2 is 2.00 bits per heavy atom. The number of carbonyl (C=O) groups is 1. The Bertz CT molecular complexity index is 1180. The van der Waals surface area contributed by atoms with Gasteiger partial charge in [0, 0.05) is 18.8 Å². The van der Waals surface area contributed by atoms with Crippen molar-refractivity contribution in [1.82, 2.24) is 9.55 Å². The van der Waals surface area contributed by atoms with Crippen LogP contribution in [0.15, 0.2) is 48.2 Å². The number of ether oxygens (including phenoxy) is 2. The lowest BCUT2D eigenvalue weighted by Crippen LogP contribution is -2.26. The first-order valence-corrected chi connectivity index (χ1v) is 8.92. The third-order valence-corrected chi connectivity index (χ3v) is 4.99. The van der Waals surface area contributed by atoms with Gasteiger partial charge >= 0.3 is 5.97 Å². The van der Waals surface area contributed by atoms with Gasteiger partial charge in [-0.1, -0.05) is 6.07 Å². The van der Waals surface area contributed by atoms with Crippen molar-refractivity contribution in [2.75, 3.05) is 25.7 Å². The predicted octanol–water partition coefficient (Wildman–Crippen LogP) is 3.14. The molecule has 0 aliphatic carbocycles. The summed E-state index contributed by atoms with van der Waals surface area (Å²) < 4.78 is 11.9. The van der Waals surface area contributed by atoms with Gasteiger partial charge in [-0.3, -0.25) is 5.41 Å². The number of aliphatic hydroxyl groups is 1. The fraction of sp³-hybridized carbons (Fsp3) is 0.190. The van der Waals surface area contributed by atoms with E-state index in [1.165, 1.54) is 7.11 Å². The molecule has 0 spiro atoms. The second-order valence-corrected chi connectivity index (χ2v) is 6.65. The zero-order chi connectivity index (χ0) is 20.7. The normalized spacial score (nSPS) is 14.0. The van der Waals surface area contributed by atoms with Gasteiger partial charge in [0.1, 0.15) is 23.2 Å². The molecule has 8 nitrogen and oxygen atoms in total. The molecule has 29 heavy (non-hydrogen) atoms. The van der Waals surface area contributed by atoms with Gasteiger partial charge in [-0.15, -0.1) is 0 Å². The second-order valence-electron chi connectivity index (χ2n) is 6.65. The topological polar surface area (TPSA) is 101 Å². The van der Waals surface area contributed by atoms with Crippen LogP contribution in [-0.4, -0.2) is 47.2 Å². The first-order chi connectivity index (χ1) is 13.9. The number of rotatable bonds is 4. The number of amidine groups is 1. The van der Waals surface area contributed by atoms with Gasteiger partial charge in [0.2, 0.25) is 0 Å². The quantitative estimate of drug-likeness (QED) is 0.662. The number of esters is 1. The number of hydrogen-bond donors (Lipinski definition) is 2. The summed E-state index contributed by atoms with van der Waals surface area (Å²) in [5, 5.41) is 19.3. The molecule has 2 heterocycles. The van der Waals surface area contributed by atoms with E-state index < -0.39 is 5.97 Å². The highest BCUT2D eigenvalue weighted by atomic mass is 16.5. The Morgan fingerprint density at radius 3 is 2.72 bits per heavy atom. The van der Waals surface area contributed by atoms with Crippen molar-refractivity contribution in [3.63, 3.8) is 0 Å². The van der Waals surface area contributed by atoms with E-state index in [9.17, 15) is 9.90 Å². The van der Waals surface area contributed by atoms with Gasteiger partial charge in [-0.05, 0) is 30.3 Å². The average Bonchev–Trinajstić information content (AvgIpc) is 3.22. The van der Waals surface area contributed by atoms with Crippen LogP contribution in [0.1, 0.15) is 16.2 Å². The van der Waals surface area contributed by atoms with E-state index in [0.29, 0.717) is 33.9 Å². The van der Waals surface area contributed by atoms with E-state index in [0.717, 1.165) is 5.52 Å². The number of aliphatic hydroxyl groups excluding tert-OH is 1. The molecule has 148 valence electrons. The van der Waals surface area contributed by atoms with Crippen LogP contribution < -0.4 is 9.64 Å². The Morgan fingerprint density at radius 1 is 1.21 bits per heavy atom. The molecule has 0 saturated heterocycles. The van der Waals surface area contributed by atoms with E-state index in [1.54, 1.807) is 36.3 Å². The summed E-state index contributed by atoms with van der Waals surface area (Å²) in [6, 6.07) is 12.3. The van der Waals surface area contributed by atoms with Gasteiger partial charge in [0.15, 0.2) is 0 Å². The smallest absolute Gasteiger partial charge is 0.337 e. The number of benzene rings is 2. The number of methoxy groups -OCH3 is 2. The number of aromatic nitrogens is 2. The van der Waals surface area contributed by atoms with E-state index in [2.05, 4.69) is 4.98 Å². The van der Waals surface area contributed by atoms with Crippen LogP contribution in [0.4, 0.5) is 5.69 Å². The molecule has 1 aromatic heterocycles. The molecule has 2 aromatic carbocycles. The third-order valence-electron chi connectivity index (χ3n) is 4.99. The summed E-state index contributed by atoms with van der Waals surface area (Å²) in [5.41, 5.74) is 2.91. The maximum Gasteiger partial charge on any atom is 0.337 e. The van der Waals surface area contributed by atoms with Crippen LogP contribution in [-0.2, 0) is 11.8 Å². The lowest BCUT2D eigenvalue weighted by Gasteiger charge is -2.19. The van der Waals surface area contributed by atoms with Crippen molar-refractivity contribution in [3.05, 3.63) is 59.6 Å². The highest BCUT2D eigenvalue weighted by Crippen LogP contribution is 2.33. The SMILES string of the molecule is COC(=O)c1cccc(N2CC(O)=C(c3nc4cc(OC)ccc4n3C)C2=N)c1. The number of imidazole rings is 1. The largest absolute Gasteiger partial charge is 0.509 e. The minimum absolute atomic E-state index is 0.0452. The van der Waals surface area contributed by atoms with Gasteiger partial charge in [-0.2, -0.15) is 0 Å². The van der Waals surface area contributed by atoms with Crippen LogP contribution in [0, 0.1) is 5.41 Å². The zero-order valence-electron chi connectivity index (χ0n) is 16.3. The number of carbonyl (C=O) groups excluding carboxylic acids is 1. The van der Waals surface area contributed by atoms with Crippen molar-refractivity contribution >= 4 is 34.1 Å². The highest BCUT2D eigenvalue weighted by Gasteiger charge is 2.32. The first kappa shape index (κ1) is 18.5. The number of nitrogens with zero attached hydrogens (tertiary/aromatic N) is 3. The number of nitrogens with one attached hydrogen (secondary N) is 1. The van der Waals surface area contributed by atoms with Crippen molar-refractivity contribution in [2.24, 2.45) is 7.05 Å². The van der Waals surface area contributed by atoms with Gasteiger partial charge in [-0.25, -0.2) is 9.78 Å². The molecule has 0 atom stereocenters. The molecule has 0 bridgehead atoms. The summed E-state index contributed by atoms with van der Waals surface area (Å²) in [7, 11) is 4.75. The molecular weight excluding hydrogens is 372 g/mol. The summed E-state index contributed by atoms with van der Waals surface area (Å²) in [6.45, 7) is 0.116. The Kier molecular flexibility index (Phi) is 4.46. The maximum absolute atomic E-state index is 11.8. The van der Waals surface area contributed by atoms with Crippen molar-refractivity contribution < 1.29 is 19.4 Å². The third kappa shape index (κ3) is 2.98. The standard InChI is InChI=1S/C21H20N4O4/c1-24-16-8-7-14(28-2)10-15(16)23-20(24)18-17(26)11-25(19(18)22)13-6-4-5-12(9-13)21(27)29-3/h4-10,22,26H,11H2,1-3H3. The molecule has 0 saturated carbocycles. The van der Waals surface area contributed by atoms with Gasteiger partial charge < -0.3 is 24.0 Å². The zero-order valence-corrected chi connectivity index (χ0v) is 16.3. The van der Waals surface area contributed by atoms with Crippen LogP contribution in [0.2, 0.25) is 0 Å². The van der Waals surface area contributed by atoms with E-state index in [-0.39, 0.29) is 18.1 Å². The molecule has 1 aliphatic heterocycles. The summed E-state index contributed by atoms with van der Waals surface area (Å²) in [6.07, 6.45) is 0. The molecule has 2 N–H and O–H groups in total. The minimum atomic E-state index is -0.459. The Balaban J connectivity index is 1.73. The van der Waals surface area contributed by atoms with E-state index in [1.807, 2.05) is 29.8 Å². The fourth-order valence-electron chi connectivity index (χ4n) is 3.48. The van der Waals surface area contributed by atoms with Crippen LogP contribution in [0.25, 0.3) is 16.6 Å². The molecule has 1 aliphatic rings. The lowest BCUT2D eigenvalue weighted by atomic mass is 10.2. The second kappa shape index (κ2) is 6.97. The molecule has 0 radical (unpaired) electrons. The summed E-state index contributed by atoms with van der Waals surface area (Å²) >= 11 is 0. The molecule has 0 amide bonds. The molecule has 3 aromatic rings. The van der Waals surface area contributed by atoms with Gasteiger partial charge in [0.05, 0.1) is 42.9 Å². The number of hydrogen-bond acceptors (Lipinski definition) is 6. The highest BCUT2D eigenvalue weighted by molar-refractivity contribution is 6.30. The number of fused-ring (bicyclic) bond motifs is 1. The Hall–Kier alpha value is -3.81. The average molecular weight is 392 g/mol. The van der Waals surface area contributed by atoms with Crippen LogP contribution in [0.5, 0.6) is 5.75 Å². The van der Waals surface area contributed by atoms with E-state index in [4.69, 9.17) is 14.9 Å². The van der Waals surface area contributed by atoms with Crippen molar-refractivity contribution in [1.29, 1.82) is 5.41 Å². The molecule has 0 fully saturated rings. The molecule has 8 heteroatoms. The van der Waals surface area contributed by atoms with Crippen molar-refractivity contribution in [2.45, 2.75) is 0 Å². The fourth-order valence-corrected chi connectivity index (χ4v) is 3.48. The Labute approximate surface area is 167 Å².